The number of ketones is 1. The maximum atomic E-state index is 12.4. The number of carbonyl (C=O) groups is 2. The number of carbonyl (C=O) groups excluding carboxylic acids is 2. The fraction of sp³-hybridized carbons (Fsp3) is 0.263. The third-order valence-electron chi connectivity index (χ3n) is 3.57. The Morgan fingerprint density at radius 2 is 1.96 bits per heavy atom. The molecule has 0 saturated heterocycles. The van der Waals surface area contributed by atoms with Gasteiger partial charge < -0.3 is 19.9 Å². The lowest BCUT2D eigenvalue weighted by molar-refractivity contribution is -0.122. The summed E-state index contributed by atoms with van der Waals surface area (Å²) >= 11 is 0. The summed E-state index contributed by atoms with van der Waals surface area (Å²) in [6.45, 7) is 3.34. The van der Waals surface area contributed by atoms with Crippen LogP contribution in [0, 0.1) is 0 Å². The van der Waals surface area contributed by atoms with Crippen LogP contribution in [0.5, 0.6) is 11.5 Å². The van der Waals surface area contributed by atoms with Gasteiger partial charge in [0.1, 0.15) is 11.5 Å². The third-order valence-corrected chi connectivity index (χ3v) is 3.57. The van der Waals surface area contributed by atoms with Gasteiger partial charge in [-0.15, -0.1) is 0 Å². The van der Waals surface area contributed by atoms with Gasteiger partial charge in [0.25, 0.3) is 5.91 Å². The molecule has 0 bridgehead atoms. The zero-order valence-corrected chi connectivity index (χ0v) is 14.4. The van der Waals surface area contributed by atoms with E-state index in [9.17, 15) is 14.7 Å². The molecule has 2 N–H and O–H groups in total. The minimum Gasteiger partial charge on any atom is -0.508 e. The average molecular weight is 343 g/mol. The highest BCUT2D eigenvalue weighted by Crippen LogP contribution is 2.23. The van der Waals surface area contributed by atoms with Gasteiger partial charge in [-0.3, -0.25) is 9.59 Å². The lowest BCUT2D eigenvalue weighted by Gasteiger charge is -2.17. The Labute approximate surface area is 146 Å². The summed E-state index contributed by atoms with van der Waals surface area (Å²) in [5.41, 5.74) is 1.71. The zero-order valence-electron chi connectivity index (χ0n) is 14.4. The Morgan fingerprint density at radius 3 is 2.64 bits per heavy atom. The Bertz CT molecular complexity index is 772. The molecule has 0 aliphatic heterocycles. The molecule has 1 unspecified atom stereocenters. The van der Waals surface area contributed by atoms with Gasteiger partial charge in [0.2, 0.25) is 0 Å². The Kier molecular flexibility index (Phi) is 6.14. The van der Waals surface area contributed by atoms with Crippen LogP contribution in [-0.2, 0) is 16.1 Å². The van der Waals surface area contributed by atoms with Crippen molar-refractivity contribution >= 4 is 17.4 Å². The minimum absolute atomic E-state index is 0.0733. The first-order chi connectivity index (χ1) is 11.9. The third kappa shape index (κ3) is 5.06. The van der Waals surface area contributed by atoms with E-state index in [0.717, 1.165) is 0 Å². The van der Waals surface area contributed by atoms with Crippen molar-refractivity contribution < 1.29 is 24.2 Å². The number of hydrogen-bond acceptors (Lipinski definition) is 5. The fourth-order valence-corrected chi connectivity index (χ4v) is 2.26. The van der Waals surface area contributed by atoms with E-state index in [1.165, 1.54) is 26.2 Å². The highest BCUT2D eigenvalue weighted by atomic mass is 16.5. The molecule has 0 fully saturated rings. The maximum Gasteiger partial charge on any atom is 0.265 e. The Balaban J connectivity index is 2.08. The van der Waals surface area contributed by atoms with Gasteiger partial charge in [0, 0.05) is 23.9 Å². The molecule has 0 saturated carbocycles. The minimum atomic E-state index is -0.772. The van der Waals surface area contributed by atoms with Crippen LogP contribution in [0.25, 0.3) is 0 Å². The van der Waals surface area contributed by atoms with Crippen LogP contribution >= 0.6 is 0 Å². The fourth-order valence-electron chi connectivity index (χ4n) is 2.26. The quantitative estimate of drug-likeness (QED) is 0.596. The van der Waals surface area contributed by atoms with E-state index in [1.54, 1.807) is 37.3 Å². The number of phenols is 1. The number of rotatable bonds is 7. The molecule has 1 amide bonds. The first-order valence-electron chi connectivity index (χ1n) is 7.80. The van der Waals surface area contributed by atoms with Crippen LogP contribution in [0.3, 0.4) is 0 Å². The zero-order chi connectivity index (χ0) is 18.4. The standard InChI is InChI=1S/C19H21NO5/c1-12(21)14-5-4-6-17(10-14)25-13(2)19(23)20-18-8-7-16(22)9-15(18)11-24-3/h4-10,13,22H,11H2,1-3H3,(H,20,23). The molecule has 2 rings (SSSR count). The SMILES string of the molecule is COCc1cc(O)ccc1NC(=O)C(C)Oc1cccc(C(C)=O)c1. The average Bonchev–Trinajstić information content (AvgIpc) is 2.57. The molecule has 0 radical (unpaired) electrons. The predicted octanol–water partition coefficient (Wildman–Crippen LogP) is 3.15. The molecule has 1 atom stereocenters. The van der Waals surface area contributed by atoms with Gasteiger partial charge in [0.15, 0.2) is 11.9 Å². The van der Waals surface area contributed by atoms with Gasteiger partial charge in [-0.25, -0.2) is 0 Å². The lowest BCUT2D eigenvalue weighted by atomic mass is 10.1. The van der Waals surface area contributed by atoms with E-state index in [-0.39, 0.29) is 24.0 Å². The summed E-state index contributed by atoms with van der Waals surface area (Å²) in [4.78, 5) is 23.8. The molecule has 2 aromatic carbocycles. The maximum absolute atomic E-state index is 12.4. The molecular weight excluding hydrogens is 322 g/mol. The number of amides is 1. The second-order valence-corrected chi connectivity index (χ2v) is 5.61. The van der Waals surface area contributed by atoms with Gasteiger partial charge in [0.05, 0.1) is 6.61 Å². The Hall–Kier alpha value is -2.86. The molecule has 0 aliphatic carbocycles. The first-order valence-corrected chi connectivity index (χ1v) is 7.80. The summed E-state index contributed by atoms with van der Waals surface area (Å²) in [6, 6.07) is 11.3. The second kappa shape index (κ2) is 8.30. The van der Waals surface area contributed by atoms with Crippen molar-refractivity contribution in [1.29, 1.82) is 0 Å². The molecular formula is C19H21NO5. The normalized spacial score (nSPS) is 11.6. The Morgan fingerprint density at radius 1 is 1.20 bits per heavy atom. The van der Waals surface area contributed by atoms with Crippen molar-refractivity contribution in [2.24, 2.45) is 0 Å². The first kappa shape index (κ1) is 18.5. The molecule has 0 spiro atoms. The number of Topliss-reactive ketones (excluding diaryl/α,β-unsaturated/α-hetero) is 1. The van der Waals surface area contributed by atoms with Crippen molar-refractivity contribution in [3.63, 3.8) is 0 Å². The van der Waals surface area contributed by atoms with Crippen molar-refractivity contribution in [3.05, 3.63) is 53.6 Å². The number of methoxy groups -OCH3 is 1. The van der Waals surface area contributed by atoms with Gasteiger partial charge in [-0.1, -0.05) is 12.1 Å². The van der Waals surface area contributed by atoms with Crippen molar-refractivity contribution in [3.8, 4) is 11.5 Å². The predicted molar refractivity (Wildman–Crippen MR) is 94.0 cm³/mol. The largest absolute Gasteiger partial charge is 0.508 e. The van der Waals surface area contributed by atoms with E-state index in [4.69, 9.17) is 9.47 Å². The van der Waals surface area contributed by atoms with Crippen LogP contribution in [0.2, 0.25) is 0 Å². The topological polar surface area (TPSA) is 84.9 Å². The number of hydrogen-bond donors (Lipinski definition) is 2. The van der Waals surface area contributed by atoms with E-state index >= 15 is 0 Å². The molecule has 132 valence electrons. The highest BCUT2D eigenvalue weighted by Gasteiger charge is 2.17. The molecule has 6 nitrogen and oxygen atoms in total. The molecule has 6 heteroatoms. The lowest BCUT2D eigenvalue weighted by Crippen LogP contribution is -2.30. The number of aromatic hydroxyl groups is 1. The number of benzene rings is 2. The molecule has 0 heterocycles. The summed E-state index contributed by atoms with van der Waals surface area (Å²) in [7, 11) is 1.53. The number of ether oxygens (including phenoxy) is 2. The smallest absolute Gasteiger partial charge is 0.265 e. The summed E-state index contributed by atoms with van der Waals surface area (Å²) in [5, 5.41) is 12.3. The van der Waals surface area contributed by atoms with Crippen LogP contribution in [0.15, 0.2) is 42.5 Å². The second-order valence-electron chi connectivity index (χ2n) is 5.61. The van der Waals surface area contributed by atoms with Crippen LogP contribution < -0.4 is 10.1 Å². The van der Waals surface area contributed by atoms with E-state index in [1.807, 2.05) is 0 Å². The van der Waals surface area contributed by atoms with Crippen molar-refractivity contribution in [2.75, 3.05) is 12.4 Å². The highest BCUT2D eigenvalue weighted by molar-refractivity contribution is 5.95. The number of phenolic OH excluding ortho intramolecular Hbond substituents is 1. The summed E-state index contributed by atoms with van der Waals surface area (Å²) in [5.74, 6) is 0.112. The summed E-state index contributed by atoms with van der Waals surface area (Å²) < 4.78 is 10.7. The van der Waals surface area contributed by atoms with E-state index in [0.29, 0.717) is 22.6 Å². The van der Waals surface area contributed by atoms with Crippen LogP contribution in [0.4, 0.5) is 5.69 Å². The summed E-state index contributed by atoms with van der Waals surface area (Å²) in [6.07, 6.45) is -0.772. The van der Waals surface area contributed by atoms with Gasteiger partial charge in [-0.2, -0.15) is 0 Å². The van der Waals surface area contributed by atoms with Gasteiger partial charge in [-0.05, 0) is 44.2 Å². The van der Waals surface area contributed by atoms with E-state index < -0.39 is 6.10 Å². The van der Waals surface area contributed by atoms with Gasteiger partial charge >= 0.3 is 0 Å². The van der Waals surface area contributed by atoms with Crippen LogP contribution in [0.1, 0.15) is 29.8 Å². The molecule has 2 aromatic rings. The number of nitrogens with one attached hydrogen (secondary N) is 1. The van der Waals surface area contributed by atoms with Crippen molar-refractivity contribution in [2.45, 2.75) is 26.6 Å². The molecule has 0 aromatic heterocycles. The van der Waals surface area contributed by atoms with Crippen molar-refractivity contribution in [1.82, 2.24) is 0 Å². The molecule has 25 heavy (non-hydrogen) atoms. The molecule has 0 aliphatic rings. The monoisotopic (exact) mass is 343 g/mol. The van der Waals surface area contributed by atoms with Crippen LogP contribution in [-0.4, -0.2) is 30.0 Å². The van der Waals surface area contributed by atoms with E-state index in [2.05, 4.69) is 5.32 Å². The number of anilines is 1.